The zero-order chi connectivity index (χ0) is 14.0. The number of anilines is 2. The molecule has 106 valence electrons. The van der Waals surface area contributed by atoms with Crippen molar-refractivity contribution in [2.24, 2.45) is 0 Å². The molecule has 1 aliphatic rings. The van der Waals surface area contributed by atoms with Crippen molar-refractivity contribution in [2.45, 2.75) is 18.9 Å². The van der Waals surface area contributed by atoms with Crippen molar-refractivity contribution in [3.8, 4) is 0 Å². The van der Waals surface area contributed by atoms with E-state index in [1.165, 1.54) is 0 Å². The van der Waals surface area contributed by atoms with Gasteiger partial charge in [-0.15, -0.1) is 0 Å². The highest BCUT2D eigenvalue weighted by Crippen LogP contribution is 2.21. The molecule has 0 radical (unpaired) electrons. The Kier molecular flexibility index (Phi) is 4.42. The molecule has 1 fully saturated rings. The Hall–Kier alpha value is -1.14. The van der Waals surface area contributed by atoms with Gasteiger partial charge in [-0.3, -0.25) is 0 Å². The Morgan fingerprint density at radius 3 is 2.21 bits per heavy atom. The lowest BCUT2D eigenvalue weighted by atomic mass is 10.0. The van der Waals surface area contributed by atoms with Crippen LogP contribution in [0.2, 0.25) is 5.28 Å². The molecule has 0 unspecified atom stereocenters. The molecule has 0 aliphatic carbocycles. The first-order valence-corrected chi connectivity index (χ1v) is 6.85. The summed E-state index contributed by atoms with van der Waals surface area (Å²) in [6.07, 6.45) is 2.24. The highest BCUT2D eigenvalue weighted by atomic mass is 35.5. The van der Waals surface area contributed by atoms with Crippen LogP contribution in [0.3, 0.4) is 0 Å². The minimum atomic E-state index is 0.244. The monoisotopic (exact) mass is 284 g/mol. The second-order valence-corrected chi connectivity index (χ2v) is 5.58. The van der Waals surface area contributed by atoms with Gasteiger partial charge in [0.15, 0.2) is 0 Å². The lowest BCUT2D eigenvalue weighted by Crippen LogP contribution is -2.42. The van der Waals surface area contributed by atoms with E-state index < -0.39 is 0 Å². The van der Waals surface area contributed by atoms with Crippen LogP contribution in [0.1, 0.15) is 12.8 Å². The first kappa shape index (κ1) is 14.3. The van der Waals surface area contributed by atoms with E-state index in [1.54, 1.807) is 0 Å². The fourth-order valence-electron chi connectivity index (χ4n) is 2.23. The minimum absolute atomic E-state index is 0.244. The fourth-order valence-corrected chi connectivity index (χ4v) is 2.38. The van der Waals surface area contributed by atoms with Crippen LogP contribution in [-0.2, 0) is 0 Å². The van der Waals surface area contributed by atoms with Crippen LogP contribution in [-0.4, -0.2) is 67.2 Å². The SMILES string of the molecule is CN1CCC(N(C)c2nc(Cl)nc(N(C)C)n2)CC1. The Morgan fingerprint density at radius 2 is 1.63 bits per heavy atom. The first-order valence-electron chi connectivity index (χ1n) is 6.47. The molecule has 1 aliphatic heterocycles. The maximum Gasteiger partial charge on any atom is 0.231 e. The lowest BCUT2D eigenvalue weighted by molar-refractivity contribution is 0.252. The zero-order valence-electron chi connectivity index (χ0n) is 12.0. The summed E-state index contributed by atoms with van der Waals surface area (Å²) in [5, 5.41) is 0.244. The molecule has 1 aromatic rings. The van der Waals surface area contributed by atoms with Gasteiger partial charge in [0.2, 0.25) is 17.2 Å². The lowest BCUT2D eigenvalue weighted by Gasteiger charge is -2.35. The number of halogens is 1. The summed E-state index contributed by atoms with van der Waals surface area (Å²) < 4.78 is 0. The number of aromatic nitrogens is 3. The van der Waals surface area contributed by atoms with Gasteiger partial charge in [-0.05, 0) is 44.6 Å². The Bertz CT molecular complexity index is 430. The molecule has 0 bridgehead atoms. The number of hydrogen-bond donors (Lipinski definition) is 0. The second kappa shape index (κ2) is 5.88. The van der Waals surface area contributed by atoms with Gasteiger partial charge in [-0.1, -0.05) is 0 Å². The van der Waals surface area contributed by atoms with E-state index in [4.69, 9.17) is 11.6 Å². The van der Waals surface area contributed by atoms with Gasteiger partial charge < -0.3 is 14.7 Å². The molecular weight excluding hydrogens is 264 g/mol. The van der Waals surface area contributed by atoms with Crippen molar-refractivity contribution in [1.29, 1.82) is 0 Å². The molecule has 0 N–H and O–H groups in total. The average molecular weight is 285 g/mol. The maximum absolute atomic E-state index is 5.98. The van der Waals surface area contributed by atoms with Gasteiger partial charge in [-0.2, -0.15) is 15.0 Å². The average Bonchev–Trinajstić information content (AvgIpc) is 2.38. The van der Waals surface area contributed by atoms with Crippen molar-refractivity contribution < 1.29 is 0 Å². The Balaban J connectivity index is 2.16. The normalized spacial score (nSPS) is 17.5. The number of hydrogen-bond acceptors (Lipinski definition) is 6. The summed E-state index contributed by atoms with van der Waals surface area (Å²) in [7, 11) is 7.97. The molecule has 0 saturated carbocycles. The summed E-state index contributed by atoms with van der Waals surface area (Å²) in [5.74, 6) is 1.24. The highest BCUT2D eigenvalue weighted by molar-refractivity contribution is 6.28. The van der Waals surface area contributed by atoms with E-state index in [-0.39, 0.29) is 5.28 Å². The van der Waals surface area contributed by atoms with Crippen molar-refractivity contribution in [3.63, 3.8) is 0 Å². The Labute approximate surface area is 119 Å². The van der Waals surface area contributed by atoms with Gasteiger partial charge in [0.05, 0.1) is 0 Å². The van der Waals surface area contributed by atoms with Crippen molar-refractivity contribution >= 4 is 23.5 Å². The van der Waals surface area contributed by atoms with Crippen LogP contribution in [0.4, 0.5) is 11.9 Å². The molecule has 1 aromatic heterocycles. The summed E-state index contributed by atoms with van der Waals surface area (Å²) in [6.45, 7) is 2.21. The number of likely N-dealkylation sites (tertiary alicyclic amines) is 1. The molecule has 6 nitrogen and oxygen atoms in total. The van der Waals surface area contributed by atoms with Crippen LogP contribution in [0.15, 0.2) is 0 Å². The van der Waals surface area contributed by atoms with E-state index in [2.05, 4.69) is 31.8 Å². The first-order chi connectivity index (χ1) is 8.97. The van der Waals surface area contributed by atoms with Crippen LogP contribution in [0.5, 0.6) is 0 Å². The fraction of sp³-hybridized carbons (Fsp3) is 0.750. The quantitative estimate of drug-likeness (QED) is 0.829. The predicted octanol–water partition coefficient (Wildman–Crippen LogP) is 1.12. The number of rotatable bonds is 3. The van der Waals surface area contributed by atoms with E-state index in [0.29, 0.717) is 17.9 Å². The molecule has 0 aromatic carbocycles. The van der Waals surface area contributed by atoms with Crippen molar-refractivity contribution in [3.05, 3.63) is 5.28 Å². The highest BCUT2D eigenvalue weighted by Gasteiger charge is 2.23. The molecular formula is C12H21ClN6. The minimum Gasteiger partial charge on any atom is -0.347 e. The summed E-state index contributed by atoms with van der Waals surface area (Å²) in [5.41, 5.74) is 0. The van der Waals surface area contributed by atoms with E-state index in [0.717, 1.165) is 25.9 Å². The standard InChI is InChI=1S/C12H21ClN6/c1-17(2)11-14-10(13)15-12(16-11)19(4)9-5-7-18(3)8-6-9/h9H,5-8H2,1-4H3. The second-order valence-electron chi connectivity index (χ2n) is 5.24. The Morgan fingerprint density at radius 1 is 1.05 bits per heavy atom. The molecule has 7 heteroatoms. The van der Waals surface area contributed by atoms with Crippen molar-refractivity contribution in [2.75, 3.05) is 51.1 Å². The molecule has 19 heavy (non-hydrogen) atoms. The topological polar surface area (TPSA) is 48.4 Å². The van der Waals surface area contributed by atoms with Gasteiger partial charge >= 0.3 is 0 Å². The zero-order valence-corrected chi connectivity index (χ0v) is 12.7. The van der Waals surface area contributed by atoms with E-state index in [1.807, 2.05) is 26.0 Å². The number of nitrogens with zero attached hydrogens (tertiary/aromatic N) is 6. The van der Waals surface area contributed by atoms with E-state index in [9.17, 15) is 0 Å². The third-order valence-corrected chi connectivity index (χ3v) is 3.70. The molecule has 0 spiro atoms. The summed E-state index contributed by atoms with van der Waals surface area (Å²) >= 11 is 5.98. The summed E-state index contributed by atoms with van der Waals surface area (Å²) in [6, 6.07) is 0.463. The molecule has 0 atom stereocenters. The molecule has 2 heterocycles. The van der Waals surface area contributed by atoms with Crippen LogP contribution < -0.4 is 9.80 Å². The van der Waals surface area contributed by atoms with Gasteiger partial charge in [0.1, 0.15) is 0 Å². The smallest absolute Gasteiger partial charge is 0.231 e. The predicted molar refractivity (Wildman–Crippen MR) is 78.1 cm³/mol. The van der Waals surface area contributed by atoms with Crippen molar-refractivity contribution in [1.82, 2.24) is 19.9 Å². The largest absolute Gasteiger partial charge is 0.347 e. The van der Waals surface area contributed by atoms with Crippen LogP contribution >= 0.6 is 11.6 Å². The molecule has 1 saturated heterocycles. The van der Waals surface area contributed by atoms with Gasteiger partial charge in [0.25, 0.3) is 0 Å². The third kappa shape index (κ3) is 3.45. The van der Waals surface area contributed by atoms with E-state index >= 15 is 0 Å². The summed E-state index contributed by atoms with van der Waals surface area (Å²) in [4.78, 5) is 19.1. The van der Waals surface area contributed by atoms with Gasteiger partial charge in [0, 0.05) is 27.2 Å². The molecule has 0 amide bonds. The van der Waals surface area contributed by atoms with Gasteiger partial charge in [-0.25, -0.2) is 0 Å². The number of piperidine rings is 1. The van der Waals surface area contributed by atoms with Crippen LogP contribution in [0.25, 0.3) is 0 Å². The molecule has 2 rings (SSSR count). The third-order valence-electron chi connectivity index (χ3n) is 3.54. The maximum atomic E-state index is 5.98. The van der Waals surface area contributed by atoms with Crippen LogP contribution in [0, 0.1) is 0 Å².